The van der Waals surface area contributed by atoms with E-state index in [0.29, 0.717) is 10.7 Å². The number of hydrogen-bond acceptors (Lipinski definition) is 5. The van der Waals surface area contributed by atoms with Crippen LogP contribution in [-0.2, 0) is 4.74 Å². The van der Waals surface area contributed by atoms with Gasteiger partial charge in [0.1, 0.15) is 6.10 Å². The summed E-state index contributed by atoms with van der Waals surface area (Å²) in [5, 5.41) is 15.8. The molecule has 0 unspecified atom stereocenters. The van der Waals surface area contributed by atoms with E-state index in [1.807, 2.05) is 11.4 Å². The van der Waals surface area contributed by atoms with E-state index in [9.17, 15) is 14.9 Å². The average Bonchev–Trinajstić information content (AvgIpc) is 3.10. The Hall–Kier alpha value is -2.90. The smallest absolute Gasteiger partial charge is 0.412 e. The summed E-state index contributed by atoms with van der Waals surface area (Å²) in [4.78, 5) is 23.4. The SMILES string of the molecule is C[C@@H](OC(=O)Nc1ccsc1-c1ccc([N+](=O)[O-])cc1)c1ccccc1Cl. The van der Waals surface area contributed by atoms with E-state index in [1.54, 1.807) is 43.3 Å². The van der Waals surface area contributed by atoms with Crippen molar-refractivity contribution in [1.82, 2.24) is 0 Å². The molecule has 0 aliphatic rings. The molecule has 3 aromatic rings. The zero-order valence-electron chi connectivity index (χ0n) is 14.2. The number of hydrogen-bond donors (Lipinski definition) is 1. The number of amides is 1. The second-order valence-electron chi connectivity index (χ2n) is 5.66. The first-order valence-corrected chi connectivity index (χ1v) is 9.26. The van der Waals surface area contributed by atoms with Crippen LogP contribution >= 0.6 is 22.9 Å². The van der Waals surface area contributed by atoms with E-state index in [4.69, 9.17) is 16.3 Å². The van der Waals surface area contributed by atoms with Crippen LogP contribution in [-0.4, -0.2) is 11.0 Å². The first-order chi connectivity index (χ1) is 13.0. The van der Waals surface area contributed by atoms with Crippen LogP contribution in [0, 0.1) is 10.1 Å². The minimum absolute atomic E-state index is 0.0118. The Morgan fingerprint density at radius 1 is 1.19 bits per heavy atom. The van der Waals surface area contributed by atoms with Crippen LogP contribution in [0.2, 0.25) is 5.02 Å². The summed E-state index contributed by atoms with van der Waals surface area (Å²) in [6.07, 6.45) is -1.12. The first kappa shape index (κ1) is 18.9. The van der Waals surface area contributed by atoms with Crippen molar-refractivity contribution in [2.75, 3.05) is 5.32 Å². The normalized spacial score (nSPS) is 11.6. The fourth-order valence-electron chi connectivity index (χ4n) is 2.53. The number of halogens is 1. The van der Waals surface area contributed by atoms with Crippen LogP contribution in [0.15, 0.2) is 60.0 Å². The summed E-state index contributed by atoms with van der Waals surface area (Å²) in [5.74, 6) is 0. The molecule has 0 spiro atoms. The van der Waals surface area contributed by atoms with Gasteiger partial charge >= 0.3 is 6.09 Å². The van der Waals surface area contributed by atoms with Gasteiger partial charge in [-0.15, -0.1) is 11.3 Å². The lowest BCUT2D eigenvalue weighted by Gasteiger charge is -2.15. The summed E-state index contributed by atoms with van der Waals surface area (Å²) >= 11 is 7.54. The van der Waals surface area contributed by atoms with Crippen molar-refractivity contribution in [1.29, 1.82) is 0 Å². The van der Waals surface area contributed by atoms with Crippen LogP contribution in [0.5, 0.6) is 0 Å². The van der Waals surface area contributed by atoms with Crippen molar-refractivity contribution < 1.29 is 14.5 Å². The van der Waals surface area contributed by atoms with Gasteiger partial charge in [-0.25, -0.2) is 4.79 Å². The van der Waals surface area contributed by atoms with E-state index in [2.05, 4.69) is 5.32 Å². The fourth-order valence-corrected chi connectivity index (χ4v) is 3.68. The highest BCUT2D eigenvalue weighted by Gasteiger charge is 2.17. The Morgan fingerprint density at radius 2 is 1.89 bits per heavy atom. The molecule has 0 radical (unpaired) electrons. The lowest BCUT2D eigenvalue weighted by atomic mass is 10.1. The minimum atomic E-state index is -0.607. The van der Waals surface area contributed by atoms with Gasteiger partial charge < -0.3 is 4.74 Å². The number of nitrogens with zero attached hydrogens (tertiary/aromatic N) is 1. The molecule has 0 saturated heterocycles. The number of carbonyl (C=O) groups excluding carboxylic acids is 1. The third-order valence-electron chi connectivity index (χ3n) is 3.87. The van der Waals surface area contributed by atoms with Gasteiger partial charge in [0.15, 0.2) is 0 Å². The molecule has 1 heterocycles. The number of thiophene rings is 1. The number of anilines is 1. The molecule has 0 aliphatic heterocycles. The summed E-state index contributed by atoms with van der Waals surface area (Å²) in [7, 11) is 0. The van der Waals surface area contributed by atoms with Gasteiger partial charge in [0.05, 0.1) is 15.5 Å². The topological polar surface area (TPSA) is 81.5 Å². The number of non-ortho nitro benzene ring substituents is 1. The molecular weight excluding hydrogens is 388 g/mol. The number of carbonyl (C=O) groups is 1. The quantitative estimate of drug-likeness (QED) is 0.401. The Morgan fingerprint density at radius 3 is 2.56 bits per heavy atom. The molecule has 0 aliphatic carbocycles. The highest BCUT2D eigenvalue weighted by atomic mass is 35.5. The van der Waals surface area contributed by atoms with E-state index >= 15 is 0 Å². The average molecular weight is 403 g/mol. The molecule has 0 bridgehead atoms. The minimum Gasteiger partial charge on any atom is -0.441 e. The van der Waals surface area contributed by atoms with Gasteiger partial charge in [-0.05, 0) is 42.1 Å². The zero-order chi connectivity index (χ0) is 19.4. The van der Waals surface area contributed by atoms with Gasteiger partial charge in [0.2, 0.25) is 0 Å². The van der Waals surface area contributed by atoms with Gasteiger partial charge in [-0.2, -0.15) is 0 Å². The monoisotopic (exact) mass is 402 g/mol. The van der Waals surface area contributed by atoms with Crippen LogP contribution in [0.25, 0.3) is 10.4 Å². The molecular formula is C19H15ClN2O4S. The Kier molecular flexibility index (Phi) is 5.73. The zero-order valence-corrected chi connectivity index (χ0v) is 15.8. The maximum Gasteiger partial charge on any atom is 0.412 e. The van der Waals surface area contributed by atoms with Crippen molar-refractivity contribution in [2.45, 2.75) is 13.0 Å². The van der Waals surface area contributed by atoms with Gasteiger partial charge in [-0.3, -0.25) is 15.4 Å². The molecule has 2 aromatic carbocycles. The highest BCUT2D eigenvalue weighted by molar-refractivity contribution is 7.14. The lowest BCUT2D eigenvalue weighted by molar-refractivity contribution is -0.384. The summed E-state index contributed by atoms with van der Waals surface area (Å²) < 4.78 is 5.41. The second-order valence-corrected chi connectivity index (χ2v) is 6.98. The van der Waals surface area contributed by atoms with Crippen molar-refractivity contribution in [3.05, 3.63) is 80.7 Å². The lowest BCUT2D eigenvalue weighted by Crippen LogP contribution is -2.16. The number of nitro groups is 1. The predicted molar refractivity (Wildman–Crippen MR) is 106 cm³/mol. The number of benzene rings is 2. The van der Waals surface area contributed by atoms with Crippen LogP contribution < -0.4 is 5.32 Å². The Balaban J connectivity index is 1.71. The maximum absolute atomic E-state index is 12.3. The van der Waals surface area contributed by atoms with Crippen molar-refractivity contribution >= 4 is 40.4 Å². The summed E-state index contributed by atoms with van der Waals surface area (Å²) in [6.45, 7) is 1.74. The molecule has 1 aromatic heterocycles. The van der Waals surface area contributed by atoms with Gasteiger partial charge in [0.25, 0.3) is 5.69 Å². The Bertz CT molecular complexity index is 972. The van der Waals surface area contributed by atoms with E-state index in [1.165, 1.54) is 23.5 Å². The number of rotatable bonds is 5. The molecule has 138 valence electrons. The number of nitrogens with one attached hydrogen (secondary N) is 1. The van der Waals surface area contributed by atoms with Crippen molar-refractivity contribution in [2.24, 2.45) is 0 Å². The molecule has 8 heteroatoms. The molecule has 6 nitrogen and oxygen atoms in total. The molecule has 0 fully saturated rings. The molecule has 1 amide bonds. The van der Waals surface area contributed by atoms with Crippen LogP contribution in [0.4, 0.5) is 16.2 Å². The molecule has 1 atom stereocenters. The third-order valence-corrected chi connectivity index (χ3v) is 5.18. The molecule has 3 rings (SSSR count). The summed E-state index contributed by atoms with van der Waals surface area (Å²) in [5.41, 5.74) is 2.07. The van der Waals surface area contributed by atoms with Crippen molar-refractivity contribution in [3.8, 4) is 10.4 Å². The van der Waals surface area contributed by atoms with Crippen LogP contribution in [0.3, 0.4) is 0 Å². The van der Waals surface area contributed by atoms with E-state index in [0.717, 1.165) is 16.0 Å². The maximum atomic E-state index is 12.3. The fraction of sp³-hybridized carbons (Fsp3) is 0.105. The summed E-state index contributed by atoms with van der Waals surface area (Å²) in [6, 6.07) is 15.1. The van der Waals surface area contributed by atoms with E-state index < -0.39 is 17.1 Å². The molecule has 1 N–H and O–H groups in total. The second kappa shape index (κ2) is 8.20. The third kappa shape index (κ3) is 4.45. The van der Waals surface area contributed by atoms with Crippen LogP contribution in [0.1, 0.15) is 18.6 Å². The number of nitro benzene ring substituents is 1. The van der Waals surface area contributed by atoms with Gasteiger partial charge in [-0.1, -0.05) is 29.8 Å². The first-order valence-electron chi connectivity index (χ1n) is 8.00. The predicted octanol–water partition coefficient (Wildman–Crippen LogP) is 6.29. The highest BCUT2D eigenvalue weighted by Crippen LogP contribution is 2.35. The molecule has 0 saturated carbocycles. The molecule has 27 heavy (non-hydrogen) atoms. The number of ether oxygens (including phenoxy) is 1. The standard InChI is InChI=1S/C19H15ClN2O4S/c1-12(15-4-2-3-5-16(15)20)26-19(23)21-17-10-11-27-18(17)13-6-8-14(9-7-13)22(24)25/h2-12H,1H3,(H,21,23)/t12-/m1/s1. The van der Waals surface area contributed by atoms with Gasteiger partial charge in [0, 0.05) is 22.7 Å². The van der Waals surface area contributed by atoms with E-state index in [-0.39, 0.29) is 5.69 Å². The largest absolute Gasteiger partial charge is 0.441 e. The Labute approximate surface area is 164 Å². The van der Waals surface area contributed by atoms with Crippen molar-refractivity contribution in [3.63, 3.8) is 0 Å².